The van der Waals surface area contributed by atoms with Gasteiger partial charge < -0.3 is 19.0 Å². The molecule has 0 aromatic carbocycles. The number of rotatable bonds is 7. The summed E-state index contributed by atoms with van der Waals surface area (Å²) < 4.78 is 14.7. The molecule has 0 bridgehead atoms. The maximum absolute atomic E-state index is 12.1. The minimum absolute atomic E-state index is 0.0831. The lowest BCUT2D eigenvalue weighted by molar-refractivity contribution is -0.205. The highest BCUT2D eigenvalue weighted by Gasteiger charge is 2.36. The first-order chi connectivity index (χ1) is 12.8. The quantitative estimate of drug-likeness (QED) is 0.329. The lowest BCUT2D eigenvalue weighted by atomic mass is 10.2. The minimum atomic E-state index is -1.56. The van der Waals surface area contributed by atoms with Crippen molar-refractivity contribution in [2.24, 2.45) is 0 Å². The van der Waals surface area contributed by atoms with Gasteiger partial charge in [0.15, 0.2) is 6.10 Å². The number of imide groups is 1. The molecule has 1 heterocycles. The van der Waals surface area contributed by atoms with Crippen LogP contribution in [0.4, 0.5) is 0 Å². The van der Waals surface area contributed by atoms with Gasteiger partial charge in [-0.25, -0.2) is 9.59 Å². The van der Waals surface area contributed by atoms with E-state index in [1.807, 2.05) is 0 Å². The van der Waals surface area contributed by atoms with Crippen LogP contribution in [-0.4, -0.2) is 58.6 Å². The molecule has 11 nitrogen and oxygen atoms in total. The van der Waals surface area contributed by atoms with E-state index >= 15 is 0 Å². The van der Waals surface area contributed by atoms with Crippen LogP contribution in [0.15, 0.2) is 0 Å². The maximum atomic E-state index is 12.1. The highest BCUT2D eigenvalue weighted by atomic mass is 16.7. The Bertz CT molecular complexity index is 662. The molecule has 156 valence electrons. The summed E-state index contributed by atoms with van der Waals surface area (Å²) in [6, 6.07) is 0. The van der Waals surface area contributed by atoms with Crippen LogP contribution in [-0.2, 0) is 47.8 Å². The van der Waals surface area contributed by atoms with E-state index in [-0.39, 0.29) is 12.8 Å². The third kappa shape index (κ3) is 7.33. The van der Waals surface area contributed by atoms with Gasteiger partial charge in [-0.3, -0.25) is 19.2 Å². The molecule has 1 fully saturated rings. The zero-order chi connectivity index (χ0) is 21.6. The Labute approximate surface area is 161 Å². The average molecular weight is 401 g/mol. The second kappa shape index (κ2) is 9.29. The number of hydrogen-bond acceptors (Lipinski definition) is 10. The molecule has 1 rings (SSSR count). The van der Waals surface area contributed by atoms with Crippen LogP contribution in [0.3, 0.4) is 0 Å². The van der Waals surface area contributed by atoms with Crippen molar-refractivity contribution in [2.45, 2.75) is 71.7 Å². The molecule has 0 unspecified atom stereocenters. The summed E-state index contributed by atoms with van der Waals surface area (Å²) in [5.41, 5.74) is -0.884. The van der Waals surface area contributed by atoms with Crippen LogP contribution in [0.1, 0.15) is 53.9 Å². The van der Waals surface area contributed by atoms with E-state index < -0.39 is 59.9 Å². The van der Waals surface area contributed by atoms with Crippen molar-refractivity contribution < 1.29 is 47.8 Å². The molecular formula is C17H23NO10. The third-order valence-electron chi connectivity index (χ3n) is 3.16. The lowest BCUT2D eigenvalue weighted by Crippen LogP contribution is -2.39. The second-order valence-corrected chi connectivity index (χ2v) is 6.96. The normalized spacial score (nSPS) is 16.2. The van der Waals surface area contributed by atoms with Gasteiger partial charge in [0.05, 0.1) is 6.42 Å². The van der Waals surface area contributed by atoms with Gasteiger partial charge in [-0.05, 0) is 27.7 Å². The van der Waals surface area contributed by atoms with Crippen molar-refractivity contribution in [1.29, 1.82) is 0 Å². The average Bonchev–Trinajstić information content (AvgIpc) is 2.83. The molecule has 0 aliphatic carbocycles. The summed E-state index contributed by atoms with van der Waals surface area (Å²) in [5, 5.41) is 0.315. The summed E-state index contributed by atoms with van der Waals surface area (Å²) >= 11 is 0. The molecule has 2 atom stereocenters. The third-order valence-corrected chi connectivity index (χ3v) is 3.16. The molecule has 1 saturated heterocycles. The Hall–Kier alpha value is -2.98. The van der Waals surface area contributed by atoms with Crippen LogP contribution in [0, 0.1) is 0 Å². The van der Waals surface area contributed by atoms with Crippen LogP contribution >= 0.6 is 0 Å². The fourth-order valence-corrected chi connectivity index (χ4v) is 2.01. The molecular weight excluding hydrogens is 378 g/mol. The highest BCUT2D eigenvalue weighted by molar-refractivity contribution is 6.01. The van der Waals surface area contributed by atoms with Gasteiger partial charge >= 0.3 is 23.9 Å². The van der Waals surface area contributed by atoms with Crippen LogP contribution < -0.4 is 0 Å². The first-order valence-corrected chi connectivity index (χ1v) is 8.47. The standard InChI is InChI=1S/C17H23NO10/c1-9(15(23)28-18-12(20)6-7-13(18)21)25-14(22)8-11(26-10(2)19)16(24)27-17(3,4)5/h9,11H,6-8H2,1-5H3/t9-,11-/m0/s1. The van der Waals surface area contributed by atoms with E-state index in [1.165, 1.54) is 0 Å². The molecule has 0 aromatic heterocycles. The Balaban J connectivity index is 2.65. The molecule has 1 aliphatic heterocycles. The predicted octanol–water partition coefficient (Wildman–Crippen LogP) is 0.189. The summed E-state index contributed by atoms with van der Waals surface area (Å²) in [6.07, 6.45) is -3.91. The monoisotopic (exact) mass is 401 g/mol. The van der Waals surface area contributed by atoms with Gasteiger partial charge in [0.1, 0.15) is 5.60 Å². The van der Waals surface area contributed by atoms with Gasteiger partial charge in [-0.1, -0.05) is 0 Å². The SMILES string of the molecule is CC(=O)O[C@@H](CC(=O)O[C@@H](C)C(=O)ON1C(=O)CCC1=O)C(=O)OC(C)(C)C. The summed E-state index contributed by atoms with van der Waals surface area (Å²) in [4.78, 5) is 74.6. The van der Waals surface area contributed by atoms with Crippen LogP contribution in [0.25, 0.3) is 0 Å². The number of hydroxylamine groups is 2. The van der Waals surface area contributed by atoms with Gasteiger partial charge in [0.25, 0.3) is 11.8 Å². The minimum Gasteiger partial charge on any atom is -0.457 e. The zero-order valence-corrected chi connectivity index (χ0v) is 16.3. The maximum Gasteiger partial charge on any atom is 0.373 e. The Morgan fingerprint density at radius 3 is 2.00 bits per heavy atom. The Morgan fingerprint density at radius 2 is 1.54 bits per heavy atom. The lowest BCUT2D eigenvalue weighted by Gasteiger charge is -2.23. The molecule has 2 amide bonds. The molecule has 28 heavy (non-hydrogen) atoms. The van der Waals surface area contributed by atoms with E-state index in [9.17, 15) is 28.8 Å². The van der Waals surface area contributed by atoms with Crippen LogP contribution in [0.5, 0.6) is 0 Å². The Morgan fingerprint density at radius 1 is 1.00 bits per heavy atom. The number of carbonyl (C=O) groups excluding carboxylic acids is 6. The zero-order valence-electron chi connectivity index (χ0n) is 16.3. The van der Waals surface area contributed by atoms with Crippen molar-refractivity contribution in [2.75, 3.05) is 0 Å². The van der Waals surface area contributed by atoms with Gasteiger partial charge in [0, 0.05) is 19.8 Å². The van der Waals surface area contributed by atoms with Gasteiger partial charge in [-0.15, -0.1) is 5.06 Å². The Kier molecular flexibility index (Phi) is 7.65. The van der Waals surface area contributed by atoms with Crippen molar-refractivity contribution in [3.63, 3.8) is 0 Å². The molecule has 0 aromatic rings. The van der Waals surface area contributed by atoms with E-state index in [0.29, 0.717) is 5.06 Å². The molecule has 0 N–H and O–H groups in total. The summed E-state index contributed by atoms with van der Waals surface area (Å²) in [6.45, 7) is 6.97. The number of esters is 3. The highest BCUT2D eigenvalue weighted by Crippen LogP contribution is 2.15. The molecule has 0 radical (unpaired) electrons. The van der Waals surface area contributed by atoms with E-state index in [1.54, 1.807) is 20.8 Å². The first kappa shape index (κ1) is 23.1. The summed E-state index contributed by atoms with van der Waals surface area (Å²) in [7, 11) is 0. The number of carbonyl (C=O) groups is 6. The van der Waals surface area contributed by atoms with E-state index in [2.05, 4.69) is 4.84 Å². The van der Waals surface area contributed by atoms with E-state index in [0.717, 1.165) is 13.8 Å². The molecule has 0 saturated carbocycles. The topological polar surface area (TPSA) is 143 Å². The first-order valence-electron chi connectivity index (χ1n) is 8.47. The fourth-order valence-electron chi connectivity index (χ4n) is 2.01. The number of nitrogens with zero attached hydrogens (tertiary/aromatic N) is 1. The smallest absolute Gasteiger partial charge is 0.373 e. The number of amides is 2. The summed E-state index contributed by atoms with van der Waals surface area (Å²) in [5.74, 6) is -5.35. The molecule has 11 heteroatoms. The predicted molar refractivity (Wildman–Crippen MR) is 88.7 cm³/mol. The second-order valence-electron chi connectivity index (χ2n) is 6.96. The van der Waals surface area contributed by atoms with E-state index in [4.69, 9.17) is 14.2 Å². The molecule has 1 aliphatic rings. The number of hydrogen-bond donors (Lipinski definition) is 0. The van der Waals surface area contributed by atoms with Gasteiger partial charge in [-0.2, -0.15) is 0 Å². The number of ether oxygens (including phenoxy) is 3. The van der Waals surface area contributed by atoms with Crippen molar-refractivity contribution >= 4 is 35.7 Å². The van der Waals surface area contributed by atoms with Crippen molar-refractivity contribution in [1.82, 2.24) is 5.06 Å². The fraction of sp³-hybridized carbons (Fsp3) is 0.647. The van der Waals surface area contributed by atoms with Gasteiger partial charge in [0.2, 0.25) is 6.10 Å². The largest absolute Gasteiger partial charge is 0.457 e. The van der Waals surface area contributed by atoms with Crippen LogP contribution in [0.2, 0.25) is 0 Å². The van der Waals surface area contributed by atoms with Crippen molar-refractivity contribution in [3.05, 3.63) is 0 Å². The molecule has 0 spiro atoms. The van der Waals surface area contributed by atoms with Crippen molar-refractivity contribution in [3.8, 4) is 0 Å².